The maximum atomic E-state index is 11.9. The molecule has 4 nitrogen and oxygen atoms in total. The van der Waals surface area contributed by atoms with E-state index >= 15 is 0 Å². The van der Waals surface area contributed by atoms with Crippen LogP contribution < -0.4 is 0 Å². The molecule has 1 aromatic carbocycles. The molecule has 196 valence electrons. The second-order valence-corrected chi connectivity index (χ2v) is 9.69. The minimum absolute atomic E-state index is 0.112. The van der Waals surface area contributed by atoms with Crippen molar-refractivity contribution in [2.75, 3.05) is 13.2 Å². The molecule has 0 saturated carbocycles. The molecule has 4 heteroatoms. The Hall–Kier alpha value is -1.39. The number of rotatable bonds is 24. The molecule has 34 heavy (non-hydrogen) atoms. The average molecular weight is 477 g/mol. The van der Waals surface area contributed by atoms with E-state index in [1.807, 2.05) is 30.3 Å². The van der Waals surface area contributed by atoms with Gasteiger partial charge >= 0.3 is 5.97 Å². The van der Waals surface area contributed by atoms with Gasteiger partial charge in [0, 0.05) is 6.42 Å². The van der Waals surface area contributed by atoms with Crippen LogP contribution in [-0.4, -0.2) is 30.4 Å². The highest BCUT2D eigenvalue weighted by Gasteiger charge is 2.12. The smallest absolute Gasteiger partial charge is 0.305 e. The molecule has 0 saturated heterocycles. The van der Waals surface area contributed by atoms with Crippen LogP contribution in [0.15, 0.2) is 30.3 Å². The Bertz CT molecular complexity index is 560. The fourth-order valence-corrected chi connectivity index (χ4v) is 4.19. The Kier molecular flexibility index (Phi) is 21.0. The van der Waals surface area contributed by atoms with Gasteiger partial charge < -0.3 is 14.6 Å². The lowest BCUT2D eigenvalue weighted by molar-refractivity contribution is -0.149. The molecule has 1 atom stereocenters. The zero-order valence-electron chi connectivity index (χ0n) is 22.0. The van der Waals surface area contributed by atoms with Crippen LogP contribution in [0.2, 0.25) is 0 Å². The summed E-state index contributed by atoms with van der Waals surface area (Å²) in [6, 6.07) is 9.79. The molecule has 0 aliphatic heterocycles. The van der Waals surface area contributed by atoms with Gasteiger partial charge in [-0.25, -0.2) is 0 Å². The van der Waals surface area contributed by atoms with Gasteiger partial charge in [0.1, 0.15) is 12.7 Å². The Morgan fingerprint density at radius 1 is 0.735 bits per heavy atom. The lowest BCUT2D eigenvalue weighted by Gasteiger charge is -2.15. The topological polar surface area (TPSA) is 55.8 Å². The maximum Gasteiger partial charge on any atom is 0.305 e. The maximum absolute atomic E-state index is 11.9. The van der Waals surface area contributed by atoms with Crippen LogP contribution in [0.4, 0.5) is 0 Å². The van der Waals surface area contributed by atoms with Gasteiger partial charge in [0.25, 0.3) is 0 Å². The standard InChI is InChI=1S/C30H52O4/c1-2-3-4-5-6-7-8-9-10-11-12-13-14-15-16-17-21-24-30(32)34-27-29(25-31)33-26-28-22-19-18-20-23-28/h18-20,22-23,29,31H,2-17,21,24-27H2,1H3. The van der Waals surface area contributed by atoms with Crippen molar-refractivity contribution in [3.05, 3.63) is 35.9 Å². The summed E-state index contributed by atoms with van der Waals surface area (Å²) in [5, 5.41) is 9.43. The zero-order valence-corrected chi connectivity index (χ0v) is 22.0. The Labute approximate surface area is 209 Å². The summed E-state index contributed by atoms with van der Waals surface area (Å²) in [5.74, 6) is -0.192. The number of hydrogen-bond acceptors (Lipinski definition) is 4. The van der Waals surface area contributed by atoms with Gasteiger partial charge in [-0.1, -0.05) is 140 Å². The third-order valence-corrected chi connectivity index (χ3v) is 6.45. The number of aliphatic hydroxyl groups excluding tert-OH is 1. The summed E-state index contributed by atoms with van der Waals surface area (Å²) >= 11 is 0. The number of carbonyl (C=O) groups is 1. The molecular formula is C30H52O4. The van der Waals surface area contributed by atoms with E-state index in [0.717, 1.165) is 18.4 Å². The molecule has 0 heterocycles. The van der Waals surface area contributed by atoms with E-state index in [1.165, 1.54) is 96.3 Å². The molecule has 1 N–H and O–H groups in total. The van der Waals surface area contributed by atoms with Crippen molar-refractivity contribution in [1.29, 1.82) is 0 Å². The van der Waals surface area contributed by atoms with E-state index < -0.39 is 6.10 Å². The molecule has 0 radical (unpaired) electrons. The number of benzene rings is 1. The Morgan fingerprint density at radius 3 is 1.68 bits per heavy atom. The van der Waals surface area contributed by atoms with Crippen LogP contribution in [0.25, 0.3) is 0 Å². The molecule has 1 unspecified atom stereocenters. The quantitative estimate of drug-likeness (QED) is 0.121. The molecule has 0 aliphatic rings. The van der Waals surface area contributed by atoms with Gasteiger partial charge in [0.2, 0.25) is 0 Å². The number of ether oxygens (including phenoxy) is 2. The fraction of sp³-hybridized carbons (Fsp3) is 0.767. The van der Waals surface area contributed by atoms with Crippen molar-refractivity contribution in [2.24, 2.45) is 0 Å². The monoisotopic (exact) mass is 476 g/mol. The predicted octanol–water partition coefficient (Wildman–Crippen LogP) is 8.15. The van der Waals surface area contributed by atoms with E-state index in [9.17, 15) is 9.90 Å². The largest absolute Gasteiger partial charge is 0.463 e. The van der Waals surface area contributed by atoms with Crippen molar-refractivity contribution < 1.29 is 19.4 Å². The van der Waals surface area contributed by atoms with Gasteiger partial charge in [-0.15, -0.1) is 0 Å². The highest BCUT2D eigenvalue weighted by molar-refractivity contribution is 5.69. The van der Waals surface area contributed by atoms with Crippen LogP contribution in [0.1, 0.15) is 128 Å². The number of carbonyl (C=O) groups excluding carboxylic acids is 1. The van der Waals surface area contributed by atoms with Gasteiger partial charge in [-0.3, -0.25) is 4.79 Å². The number of hydrogen-bond donors (Lipinski definition) is 1. The Morgan fingerprint density at radius 2 is 1.21 bits per heavy atom. The summed E-state index contributed by atoms with van der Waals surface area (Å²) in [4.78, 5) is 11.9. The SMILES string of the molecule is CCCCCCCCCCCCCCCCCCCC(=O)OCC(CO)OCc1ccccc1. The molecule has 0 amide bonds. The fourth-order valence-electron chi connectivity index (χ4n) is 4.19. The van der Waals surface area contributed by atoms with E-state index in [4.69, 9.17) is 9.47 Å². The summed E-state index contributed by atoms with van der Waals surface area (Å²) in [7, 11) is 0. The van der Waals surface area contributed by atoms with Crippen LogP contribution in [-0.2, 0) is 20.9 Å². The second-order valence-electron chi connectivity index (χ2n) is 9.69. The van der Waals surface area contributed by atoms with Gasteiger partial charge in [-0.05, 0) is 12.0 Å². The summed E-state index contributed by atoms with van der Waals surface area (Å²) < 4.78 is 10.9. The minimum atomic E-state index is -0.472. The first kappa shape index (κ1) is 30.6. The highest BCUT2D eigenvalue weighted by atomic mass is 16.6. The predicted molar refractivity (Wildman–Crippen MR) is 142 cm³/mol. The van der Waals surface area contributed by atoms with Crippen molar-refractivity contribution in [1.82, 2.24) is 0 Å². The van der Waals surface area contributed by atoms with Crippen LogP contribution >= 0.6 is 0 Å². The van der Waals surface area contributed by atoms with Crippen molar-refractivity contribution >= 4 is 5.97 Å². The van der Waals surface area contributed by atoms with Crippen molar-refractivity contribution in [3.63, 3.8) is 0 Å². The van der Waals surface area contributed by atoms with E-state index in [2.05, 4.69) is 6.92 Å². The summed E-state index contributed by atoms with van der Waals surface area (Å²) in [6.45, 7) is 2.64. The molecular weight excluding hydrogens is 424 g/mol. The van der Waals surface area contributed by atoms with Gasteiger partial charge in [-0.2, -0.15) is 0 Å². The number of aliphatic hydroxyl groups is 1. The average Bonchev–Trinajstić information content (AvgIpc) is 2.86. The molecule has 1 aromatic rings. The van der Waals surface area contributed by atoms with Crippen molar-refractivity contribution in [3.8, 4) is 0 Å². The molecule has 0 bridgehead atoms. The van der Waals surface area contributed by atoms with E-state index in [-0.39, 0.29) is 19.2 Å². The molecule has 0 aromatic heterocycles. The normalized spacial score (nSPS) is 12.1. The van der Waals surface area contributed by atoms with Crippen LogP contribution in [0, 0.1) is 0 Å². The van der Waals surface area contributed by atoms with Crippen molar-refractivity contribution in [2.45, 2.75) is 135 Å². The van der Waals surface area contributed by atoms with Crippen LogP contribution in [0.3, 0.4) is 0 Å². The lowest BCUT2D eigenvalue weighted by Crippen LogP contribution is -2.25. The summed E-state index contributed by atoms with van der Waals surface area (Å²) in [6.07, 6.45) is 22.6. The first-order valence-electron chi connectivity index (χ1n) is 14.2. The van der Waals surface area contributed by atoms with Crippen LogP contribution in [0.5, 0.6) is 0 Å². The first-order valence-corrected chi connectivity index (χ1v) is 14.2. The van der Waals surface area contributed by atoms with Gasteiger partial charge in [0.15, 0.2) is 0 Å². The molecule has 0 fully saturated rings. The summed E-state index contributed by atoms with van der Waals surface area (Å²) in [5.41, 5.74) is 1.04. The van der Waals surface area contributed by atoms with Gasteiger partial charge in [0.05, 0.1) is 13.2 Å². The first-order chi connectivity index (χ1) is 16.8. The van der Waals surface area contributed by atoms with E-state index in [0.29, 0.717) is 13.0 Å². The number of esters is 1. The lowest BCUT2D eigenvalue weighted by atomic mass is 10.0. The minimum Gasteiger partial charge on any atom is -0.463 e. The Balaban J connectivity index is 1.83. The van der Waals surface area contributed by atoms with E-state index in [1.54, 1.807) is 0 Å². The second kappa shape index (κ2) is 23.4. The highest BCUT2D eigenvalue weighted by Crippen LogP contribution is 2.14. The molecule has 1 rings (SSSR count). The third kappa shape index (κ3) is 19.0. The molecule has 0 aliphatic carbocycles. The zero-order chi connectivity index (χ0) is 24.5. The molecule has 0 spiro atoms. The number of unbranched alkanes of at least 4 members (excludes halogenated alkanes) is 16. The third-order valence-electron chi connectivity index (χ3n) is 6.45.